The van der Waals surface area contributed by atoms with E-state index in [1.807, 2.05) is 6.92 Å². The number of rotatable bonds is 6. The Balaban J connectivity index is 2.40. The van der Waals surface area contributed by atoms with E-state index in [0.717, 1.165) is 12.8 Å². The number of urea groups is 1. The van der Waals surface area contributed by atoms with Crippen molar-refractivity contribution < 1.29 is 19.4 Å². The van der Waals surface area contributed by atoms with Crippen molar-refractivity contribution in [3.05, 3.63) is 12.7 Å². The molecule has 0 aliphatic carbocycles. The number of carbonyl (C=O) groups excluding carboxylic acids is 1. The minimum atomic E-state index is -1.06. The van der Waals surface area contributed by atoms with Crippen LogP contribution in [0.4, 0.5) is 4.79 Å². The first-order chi connectivity index (χ1) is 9.04. The average Bonchev–Trinajstić information content (AvgIpc) is 2.39. The fraction of sp³-hybridized carbons (Fsp3) is 0.692. The largest absolute Gasteiger partial charge is 0.480 e. The summed E-state index contributed by atoms with van der Waals surface area (Å²) in [5.74, 6) is -0.684. The Morgan fingerprint density at radius 3 is 2.58 bits per heavy atom. The molecule has 1 heterocycles. The summed E-state index contributed by atoms with van der Waals surface area (Å²) in [5, 5.41) is 14.2. The first-order valence-corrected chi connectivity index (χ1v) is 6.53. The molecule has 0 aromatic carbocycles. The van der Waals surface area contributed by atoms with Crippen molar-refractivity contribution in [3.63, 3.8) is 0 Å². The van der Waals surface area contributed by atoms with Crippen molar-refractivity contribution in [2.45, 2.75) is 38.3 Å². The van der Waals surface area contributed by atoms with Gasteiger partial charge in [-0.25, -0.2) is 9.59 Å². The highest BCUT2D eigenvalue weighted by atomic mass is 16.5. The van der Waals surface area contributed by atoms with E-state index in [0.29, 0.717) is 19.1 Å². The van der Waals surface area contributed by atoms with Crippen molar-refractivity contribution in [3.8, 4) is 0 Å². The van der Waals surface area contributed by atoms with Crippen LogP contribution in [0.3, 0.4) is 0 Å². The molecule has 1 saturated heterocycles. The van der Waals surface area contributed by atoms with Crippen LogP contribution in [0.1, 0.15) is 26.2 Å². The molecule has 0 saturated carbocycles. The molecule has 0 spiro atoms. The lowest BCUT2D eigenvalue weighted by molar-refractivity contribution is -0.139. The van der Waals surface area contributed by atoms with Crippen LogP contribution < -0.4 is 10.6 Å². The minimum Gasteiger partial charge on any atom is -0.480 e. The zero-order valence-electron chi connectivity index (χ0n) is 11.2. The Labute approximate surface area is 113 Å². The molecule has 108 valence electrons. The van der Waals surface area contributed by atoms with Crippen molar-refractivity contribution >= 4 is 12.0 Å². The van der Waals surface area contributed by atoms with Gasteiger partial charge < -0.3 is 20.5 Å². The van der Waals surface area contributed by atoms with Crippen LogP contribution in [0.2, 0.25) is 0 Å². The average molecular weight is 270 g/mol. The molecule has 6 heteroatoms. The second-order valence-corrected chi connectivity index (χ2v) is 4.77. The Hall–Kier alpha value is -1.56. The zero-order valence-corrected chi connectivity index (χ0v) is 11.2. The molecule has 2 unspecified atom stereocenters. The van der Waals surface area contributed by atoms with Crippen molar-refractivity contribution in [1.29, 1.82) is 0 Å². The smallest absolute Gasteiger partial charge is 0.326 e. The van der Waals surface area contributed by atoms with E-state index in [1.165, 1.54) is 6.08 Å². The molecule has 0 aromatic rings. The summed E-state index contributed by atoms with van der Waals surface area (Å²) in [5.41, 5.74) is 0. The SMILES string of the molecule is C=CCC(NC(=O)NC(C)C1CCOCC1)C(=O)O. The number of amides is 2. The van der Waals surface area contributed by atoms with Gasteiger partial charge in [0.2, 0.25) is 0 Å². The summed E-state index contributed by atoms with van der Waals surface area (Å²) in [6, 6.07) is -1.38. The predicted molar refractivity (Wildman–Crippen MR) is 70.9 cm³/mol. The van der Waals surface area contributed by atoms with Crippen molar-refractivity contribution in [2.24, 2.45) is 5.92 Å². The van der Waals surface area contributed by atoms with Crippen LogP contribution in [0.5, 0.6) is 0 Å². The van der Waals surface area contributed by atoms with E-state index in [4.69, 9.17) is 9.84 Å². The molecule has 1 aliphatic heterocycles. The highest BCUT2D eigenvalue weighted by molar-refractivity contribution is 5.82. The van der Waals surface area contributed by atoms with E-state index in [2.05, 4.69) is 17.2 Å². The Morgan fingerprint density at radius 1 is 1.42 bits per heavy atom. The lowest BCUT2D eigenvalue weighted by Crippen LogP contribution is -2.50. The second kappa shape index (κ2) is 7.78. The molecule has 6 nitrogen and oxygen atoms in total. The van der Waals surface area contributed by atoms with Crippen LogP contribution in [-0.2, 0) is 9.53 Å². The van der Waals surface area contributed by atoms with Gasteiger partial charge in [-0.1, -0.05) is 6.08 Å². The van der Waals surface area contributed by atoms with Gasteiger partial charge in [0.15, 0.2) is 0 Å². The van der Waals surface area contributed by atoms with Gasteiger partial charge in [-0.05, 0) is 32.1 Å². The minimum absolute atomic E-state index is 0.00192. The summed E-state index contributed by atoms with van der Waals surface area (Å²) in [7, 11) is 0. The van der Waals surface area contributed by atoms with Crippen molar-refractivity contribution in [1.82, 2.24) is 10.6 Å². The van der Waals surface area contributed by atoms with Gasteiger partial charge in [-0.3, -0.25) is 0 Å². The van der Waals surface area contributed by atoms with Crippen LogP contribution in [0.25, 0.3) is 0 Å². The first-order valence-electron chi connectivity index (χ1n) is 6.53. The maximum Gasteiger partial charge on any atom is 0.326 e. The topological polar surface area (TPSA) is 87.7 Å². The van der Waals surface area contributed by atoms with Gasteiger partial charge in [0.05, 0.1) is 0 Å². The zero-order chi connectivity index (χ0) is 14.3. The van der Waals surface area contributed by atoms with Gasteiger partial charge in [-0.2, -0.15) is 0 Å². The van der Waals surface area contributed by atoms with Gasteiger partial charge >= 0.3 is 12.0 Å². The number of carboxylic acids is 1. The Morgan fingerprint density at radius 2 is 2.05 bits per heavy atom. The number of nitrogens with one attached hydrogen (secondary N) is 2. The maximum atomic E-state index is 11.7. The van der Waals surface area contributed by atoms with Crippen LogP contribution in [0, 0.1) is 5.92 Å². The number of aliphatic carboxylic acids is 1. The Kier molecular flexibility index (Phi) is 6.35. The highest BCUT2D eigenvalue weighted by Gasteiger charge is 2.24. The lowest BCUT2D eigenvalue weighted by atomic mass is 9.93. The quantitative estimate of drug-likeness (QED) is 0.631. The van der Waals surface area contributed by atoms with E-state index in [9.17, 15) is 9.59 Å². The van der Waals surface area contributed by atoms with Gasteiger partial charge in [0, 0.05) is 19.3 Å². The molecule has 1 fully saturated rings. The summed E-state index contributed by atoms with van der Waals surface area (Å²) < 4.78 is 5.27. The number of ether oxygens (including phenoxy) is 1. The van der Waals surface area contributed by atoms with E-state index >= 15 is 0 Å². The molecule has 1 rings (SSSR count). The molecular weight excluding hydrogens is 248 g/mol. The monoisotopic (exact) mass is 270 g/mol. The second-order valence-electron chi connectivity index (χ2n) is 4.77. The molecule has 2 amide bonds. The third-order valence-electron chi connectivity index (χ3n) is 3.34. The van der Waals surface area contributed by atoms with Gasteiger partial charge in [0.1, 0.15) is 6.04 Å². The molecule has 3 N–H and O–H groups in total. The van der Waals surface area contributed by atoms with Crippen molar-refractivity contribution in [2.75, 3.05) is 13.2 Å². The normalized spacial score (nSPS) is 19.2. The Bertz CT molecular complexity index is 327. The number of hydrogen-bond acceptors (Lipinski definition) is 3. The summed E-state index contributed by atoms with van der Waals surface area (Å²) >= 11 is 0. The first kappa shape index (κ1) is 15.5. The number of carboxylic acid groups (broad SMARTS) is 1. The van der Waals surface area contributed by atoms with Crippen LogP contribution in [0.15, 0.2) is 12.7 Å². The summed E-state index contributed by atoms with van der Waals surface area (Å²) in [4.78, 5) is 22.6. The highest BCUT2D eigenvalue weighted by Crippen LogP contribution is 2.18. The maximum absolute atomic E-state index is 11.7. The molecular formula is C13H22N2O4. The third-order valence-corrected chi connectivity index (χ3v) is 3.34. The van der Waals surface area contributed by atoms with Crippen LogP contribution in [-0.4, -0.2) is 42.4 Å². The fourth-order valence-electron chi connectivity index (χ4n) is 2.13. The molecule has 19 heavy (non-hydrogen) atoms. The number of carbonyl (C=O) groups is 2. The van der Waals surface area contributed by atoms with E-state index in [1.54, 1.807) is 0 Å². The molecule has 0 aromatic heterocycles. The van der Waals surface area contributed by atoms with Crippen LogP contribution >= 0.6 is 0 Å². The summed E-state index contributed by atoms with van der Waals surface area (Å²) in [6.07, 6.45) is 3.50. The standard InChI is InChI=1S/C13H22N2O4/c1-3-4-11(12(16)17)15-13(18)14-9(2)10-5-7-19-8-6-10/h3,9-11H,1,4-8H2,2H3,(H,16,17)(H2,14,15,18). The van der Waals surface area contributed by atoms with E-state index in [-0.39, 0.29) is 12.5 Å². The molecule has 0 bridgehead atoms. The van der Waals surface area contributed by atoms with E-state index < -0.39 is 18.0 Å². The lowest BCUT2D eigenvalue weighted by Gasteiger charge is -2.28. The number of hydrogen-bond donors (Lipinski definition) is 3. The fourth-order valence-corrected chi connectivity index (χ4v) is 2.13. The summed E-state index contributed by atoms with van der Waals surface area (Å²) in [6.45, 7) is 6.83. The molecule has 2 atom stereocenters. The van der Waals surface area contributed by atoms with Gasteiger partial charge in [0.25, 0.3) is 0 Å². The molecule has 0 radical (unpaired) electrons. The molecule has 1 aliphatic rings. The third kappa shape index (κ3) is 5.30. The van der Waals surface area contributed by atoms with Gasteiger partial charge in [-0.15, -0.1) is 6.58 Å². The predicted octanol–water partition coefficient (Wildman–Crippen LogP) is 1.13.